The molecule has 0 saturated heterocycles. The van der Waals surface area contributed by atoms with Gasteiger partial charge in [-0.1, -0.05) is 31.5 Å². The molecular formula is C27H28F2N4O5S. The third kappa shape index (κ3) is 5.86. The van der Waals surface area contributed by atoms with E-state index in [-0.39, 0.29) is 41.0 Å². The van der Waals surface area contributed by atoms with Gasteiger partial charge in [-0.3, -0.25) is 0 Å². The minimum absolute atomic E-state index is 0.0253. The van der Waals surface area contributed by atoms with Gasteiger partial charge in [0.25, 0.3) is 10.0 Å². The molecule has 0 fully saturated rings. The zero-order valence-corrected chi connectivity index (χ0v) is 22.6. The predicted octanol–water partition coefficient (Wildman–Crippen LogP) is 5.54. The van der Waals surface area contributed by atoms with Crippen LogP contribution >= 0.6 is 0 Å². The van der Waals surface area contributed by atoms with E-state index in [1.165, 1.54) is 37.7 Å². The van der Waals surface area contributed by atoms with E-state index in [0.29, 0.717) is 10.9 Å². The third-order valence-corrected chi connectivity index (χ3v) is 7.57. The number of carbonyl (C=O) groups is 1. The normalized spacial score (nSPS) is 11.7. The average Bonchev–Trinajstić information content (AvgIpc) is 3.28. The van der Waals surface area contributed by atoms with Crippen LogP contribution in [-0.2, 0) is 14.8 Å². The Balaban J connectivity index is 1.73. The number of aromatic nitrogens is 2. The van der Waals surface area contributed by atoms with Crippen molar-refractivity contribution in [3.63, 3.8) is 0 Å². The molecule has 0 unspecified atom stereocenters. The van der Waals surface area contributed by atoms with Crippen LogP contribution in [0.25, 0.3) is 11.0 Å². The van der Waals surface area contributed by atoms with Crippen LogP contribution in [0.2, 0.25) is 0 Å². The minimum Gasteiger partial charge on any atom is -0.450 e. The van der Waals surface area contributed by atoms with Crippen LogP contribution in [0.3, 0.4) is 0 Å². The molecule has 39 heavy (non-hydrogen) atoms. The summed E-state index contributed by atoms with van der Waals surface area (Å²) in [4.78, 5) is 16.3. The maximum absolute atomic E-state index is 15.0. The summed E-state index contributed by atoms with van der Waals surface area (Å²) in [6.45, 7) is 6.04. The number of urea groups is 1. The second-order valence-corrected chi connectivity index (χ2v) is 10.9. The fourth-order valence-corrected chi connectivity index (χ4v) is 5.26. The molecule has 2 amide bonds. The van der Waals surface area contributed by atoms with Gasteiger partial charge in [0.2, 0.25) is 0 Å². The monoisotopic (exact) mass is 558 g/mol. The van der Waals surface area contributed by atoms with Crippen LogP contribution < -0.4 is 15.4 Å². The van der Waals surface area contributed by atoms with E-state index in [9.17, 15) is 22.0 Å². The number of anilines is 1. The van der Waals surface area contributed by atoms with Gasteiger partial charge in [0.15, 0.2) is 23.0 Å². The molecule has 4 aromatic rings. The minimum atomic E-state index is -4.03. The lowest BCUT2D eigenvalue weighted by Gasteiger charge is -2.13. The van der Waals surface area contributed by atoms with Crippen molar-refractivity contribution in [3.05, 3.63) is 77.6 Å². The number of ether oxygens (including phenoxy) is 2. The van der Waals surface area contributed by atoms with Crippen LogP contribution in [0.5, 0.6) is 11.5 Å². The Labute approximate surface area is 224 Å². The van der Waals surface area contributed by atoms with Crippen LogP contribution in [-0.4, -0.2) is 43.7 Å². The van der Waals surface area contributed by atoms with Crippen molar-refractivity contribution in [2.45, 2.75) is 31.6 Å². The van der Waals surface area contributed by atoms with E-state index >= 15 is 0 Å². The molecule has 0 saturated carbocycles. The first-order chi connectivity index (χ1) is 18.5. The van der Waals surface area contributed by atoms with Crippen LogP contribution in [0.4, 0.5) is 19.3 Å². The number of nitrogens with one attached hydrogen (secondary N) is 2. The highest BCUT2D eigenvalue weighted by molar-refractivity contribution is 7.90. The molecule has 0 radical (unpaired) electrons. The van der Waals surface area contributed by atoms with Gasteiger partial charge >= 0.3 is 6.03 Å². The van der Waals surface area contributed by atoms with Crippen molar-refractivity contribution in [3.8, 4) is 11.5 Å². The van der Waals surface area contributed by atoms with E-state index in [0.717, 1.165) is 21.7 Å². The van der Waals surface area contributed by atoms with Gasteiger partial charge in [-0.2, -0.15) is 0 Å². The molecule has 9 nitrogen and oxygen atoms in total. The number of nitrogens with zero attached hydrogens (tertiary/aromatic N) is 2. The van der Waals surface area contributed by atoms with Crippen molar-refractivity contribution in [1.29, 1.82) is 0 Å². The molecule has 0 atom stereocenters. The number of pyridine rings is 1. The number of amides is 2. The number of fused-ring (bicyclic) bond motifs is 1. The number of rotatable bonds is 9. The number of carbonyl (C=O) groups excluding carboxylic acids is 1. The summed E-state index contributed by atoms with van der Waals surface area (Å²) in [6.07, 6.45) is 2.76. The fraction of sp³-hybridized carbons (Fsp3) is 0.259. The molecule has 0 bridgehead atoms. The molecule has 2 N–H and O–H groups in total. The van der Waals surface area contributed by atoms with Crippen molar-refractivity contribution in [1.82, 2.24) is 14.3 Å². The second-order valence-electron chi connectivity index (χ2n) is 9.11. The summed E-state index contributed by atoms with van der Waals surface area (Å²) in [5, 5.41) is 5.13. The highest BCUT2D eigenvalue weighted by Gasteiger charge is 2.26. The van der Waals surface area contributed by atoms with Gasteiger partial charge in [0, 0.05) is 43.9 Å². The lowest BCUT2D eigenvalue weighted by molar-refractivity contribution is 0.198. The fourth-order valence-electron chi connectivity index (χ4n) is 3.94. The van der Waals surface area contributed by atoms with E-state index in [2.05, 4.69) is 15.6 Å². The largest absolute Gasteiger partial charge is 0.450 e. The van der Waals surface area contributed by atoms with Crippen molar-refractivity contribution < 1.29 is 31.5 Å². The molecule has 0 aliphatic rings. The standard InChI is InChI=1S/C27H28F2N4O5S/c1-16(2)20-15-33(39(35,36)19-7-5-17(3)6-8-19)26-24(20)23(9-10-30-26)38-25-21(28)13-18(14-22(25)29)32-27(34)31-11-12-37-4/h5-10,13-16H,11-12H2,1-4H3,(H2,31,32,34). The highest BCUT2D eigenvalue weighted by atomic mass is 32.2. The SMILES string of the molecule is COCCNC(=O)Nc1cc(F)c(Oc2ccnc3c2c(C(C)C)cn3S(=O)(=O)c2ccc(C)cc2)c(F)c1. The smallest absolute Gasteiger partial charge is 0.319 e. The van der Waals surface area contributed by atoms with E-state index in [4.69, 9.17) is 9.47 Å². The third-order valence-electron chi connectivity index (χ3n) is 5.91. The molecule has 0 aliphatic heterocycles. The first-order valence-electron chi connectivity index (χ1n) is 12.1. The van der Waals surface area contributed by atoms with Gasteiger partial charge in [0.05, 0.1) is 16.9 Å². The van der Waals surface area contributed by atoms with E-state index in [1.54, 1.807) is 12.1 Å². The van der Waals surface area contributed by atoms with Crippen molar-refractivity contribution in [2.24, 2.45) is 0 Å². The summed E-state index contributed by atoms with van der Waals surface area (Å²) in [7, 11) is -2.56. The summed E-state index contributed by atoms with van der Waals surface area (Å²) in [5.74, 6) is -2.99. The molecule has 206 valence electrons. The van der Waals surface area contributed by atoms with E-state index in [1.807, 2.05) is 20.8 Å². The summed E-state index contributed by atoms with van der Waals surface area (Å²) in [6, 6.07) is 8.98. The number of methoxy groups -OCH3 is 1. The van der Waals surface area contributed by atoms with Gasteiger partial charge in [0.1, 0.15) is 5.75 Å². The van der Waals surface area contributed by atoms with Crippen molar-refractivity contribution >= 4 is 32.8 Å². The molecule has 2 heterocycles. The summed E-state index contributed by atoms with van der Waals surface area (Å²) in [5.41, 5.74) is 1.41. The molecule has 0 spiro atoms. The first kappa shape index (κ1) is 28.0. The quantitative estimate of drug-likeness (QED) is 0.261. The van der Waals surface area contributed by atoms with E-state index < -0.39 is 33.4 Å². The Hall–Kier alpha value is -4.03. The second kappa shape index (κ2) is 11.4. The Kier molecular flexibility index (Phi) is 8.17. The molecule has 4 rings (SSSR count). The molecule has 2 aromatic heterocycles. The van der Waals surface area contributed by atoms with Crippen LogP contribution in [0.1, 0.15) is 30.9 Å². The predicted molar refractivity (Wildman–Crippen MR) is 143 cm³/mol. The van der Waals surface area contributed by atoms with Crippen molar-refractivity contribution in [2.75, 3.05) is 25.6 Å². The lowest BCUT2D eigenvalue weighted by atomic mass is 10.0. The molecular weight excluding hydrogens is 530 g/mol. The van der Waals surface area contributed by atoms with Gasteiger partial charge in [-0.25, -0.2) is 30.9 Å². The molecule has 2 aromatic carbocycles. The average molecular weight is 559 g/mol. The maximum Gasteiger partial charge on any atom is 0.319 e. The Morgan fingerprint density at radius 1 is 1.10 bits per heavy atom. The molecule has 12 heteroatoms. The zero-order valence-electron chi connectivity index (χ0n) is 21.8. The summed E-state index contributed by atoms with van der Waals surface area (Å²) >= 11 is 0. The summed E-state index contributed by atoms with van der Waals surface area (Å²) < 4.78 is 68.5. The lowest BCUT2D eigenvalue weighted by Crippen LogP contribution is -2.31. The zero-order chi connectivity index (χ0) is 28.3. The molecule has 0 aliphatic carbocycles. The van der Waals surface area contributed by atoms with Gasteiger partial charge in [-0.15, -0.1) is 0 Å². The Morgan fingerprint density at radius 3 is 2.38 bits per heavy atom. The van der Waals surface area contributed by atoms with Crippen LogP contribution in [0.15, 0.2) is 59.8 Å². The van der Waals surface area contributed by atoms with Gasteiger partial charge in [-0.05, 0) is 36.6 Å². The number of benzene rings is 2. The maximum atomic E-state index is 15.0. The van der Waals surface area contributed by atoms with Gasteiger partial charge < -0.3 is 20.1 Å². The first-order valence-corrected chi connectivity index (χ1v) is 13.5. The number of halogens is 2. The number of hydrogen-bond acceptors (Lipinski definition) is 6. The Bertz CT molecular complexity index is 1600. The number of hydrogen-bond donors (Lipinski definition) is 2. The Morgan fingerprint density at radius 2 is 1.77 bits per heavy atom. The van der Waals surface area contributed by atoms with Crippen LogP contribution in [0, 0.1) is 18.6 Å². The number of aryl methyl sites for hydroxylation is 1. The topological polar surface area (TPSA) is 112 Å². The highest BCUT2D eigenvalue weighted by Crippen LogP contribution is 2.39.